The highest BCUT2D eigenvalue weighted by atomic mass is 16.3. The first-order valence-electron chi connectivity index (χ1n) is 12.4. The van der Waals surface area contributed by atoms with Gasteiger partial charge in [-0.05, 0) is 57.9 Å². The van der Waals surface area contributed by atoms with E-state index in [2.05, 4.69) is 40.3 Å². The SMILES string of the molecule is Oc1ccccc1C=Nc1ccccc1N=Cc1cccc(-c2c3ccccc3cc3ccccc23)c1O. The molecule has 4 nitrogen and oxygen atoms in total. The molecule has 182 valence electrons. The minimum atomic E-state index is 0.167. The summed E-state index contributed by atoms with van der Waals surface area (Å²) in [5.41, 5.74) is 4.30. The Labute approximate surface area is 220 Å². The molecule has 0 amide bonds. The summed E-state index contributed by atoms with van der Waals surface area (Å²) in [6.07, 6.45) is 3.29. The lowest BCUT2D eigenvalue weighted by molar-refractivity contribution is 0.474. The van der Waals surface area contributed by atoms with Gasteiger partial charge in [-0.25, -0.2) is 0 Å². The highest BCUT2D eigenvalue weighted by molar-refractivity contribution is 6.14. The molecule has 0 heterocycles. The van der Waals surface area contributed by atoms with Crippen molar-refractivity contribution in [1.82, 2.24) is 0 Å². The zero-order valence-corrected chi connectivity index (χ0v) is 20.5. The number of nitrogens with zero attached hydrogens (tertiary/aromatic N) is 2. The molecule has 0 spiro atoms. The van der Waals surface area contributed by atoms with Gasteiger partial charge in [0.05, 0.1) is 11.4 Å². The van der Waals surface area contributed by atoms with Crippen LogP contribution in [0.1, 0.15) is 11.1 Å². The predicted octanol–water partition coefficient (Wildman–Crippen LogP) is 8.57. The molecule has 0 atom stereocenters. The molecular formula is C34H24N2O2. The topological polar surface area (TPSA) is 65.2 Å². The number of benzene rings is 6. The molecule has 0 unspecified atom stereocenters. The van der Waals surface area contributed by atoms with Gasteiger partial charge in [-0.2, -0.15) is 0 Å². The molecule has 0 radical (unpaired) electrons. The number of hydrogen-bond donors (Lipinski definition) is 2. The molecule has 6 aromatic rings. The maximum atomic E-state index is 11.4. The lowest BCUT2D eigenvalue weighted by Crippen LogP contribution is -1.90. The number of aromatic hydroxyl groups is 2. The van der Waals surface area contributed by atoms with E-state index in [1.807, 2.05) is 72.8 Å². The van der Waals surface area contributed by atoms with Gasteiger partial charge in [0, 0.05) is 34.7 Å². The molecule has 0 aliphatic heterocycles. The van der Waals surface area contributed by atoms with Crippen LogP contribution in [0.5, 0.6) is 11.5 Å². The number of rotatable bonds is 5. The summed E-state index contributed by atoms with van der Waals surface area (Å²) in [5, 5.41) is 25.9. The molecule has 0 saturated carbocycles. The highest BCUT2D eigenvalue weighted by Crippen LogP contribution is 2.41. The molecule has 38 heavy (non-hydrogen) atoms. The van der Waals surface area contributed by atoms with Gasteiger partial charge >= 0.3 is 0 Å². The molecule has 0 aromatic heterocycles. The van der Waals surface area contributed by atoms with Gasteiger partial charge in [0.15, 0.2) is 0 Å². The maximum absolute atomic E-state index is 11.4. The molecule has 2 N–H and O–H groups in total. The van der Waals surface area contributed by atoms with Crippen LogP contribution in [0.4, 0.5) is 11.4 Å². The molecule has 0 fully saturated rings. The number of phenols is 2. The Hall–Kier alpha value is -5.22. The van der Waals surface area contributed by atoms with Crippen LogP contribution in [0.3, 0.4) is 0 Å². The fourth-order valence-electron chi connectivity index (χ4n) is 4.73. The average Bonchev–Trinajstić information content (AvgIpc) is 2.95. The molecule has 4 heteroatoms. The van der Waals surface area contributed by atoms with Crippen molar-refractivity contribution in [2.45, 2.75) is 0 Å². The summed E-state index contributed by atoms with van der Waals surface area (Å²) in [4.78, 5) is 9.21. The van der Waals surface area contributed by atoms with E-state index in [9.17, 15) is 10.2 Å². The summed E-state index contributed by atoms with van der Waals surface area (Å²) >= 11 is 0. The molecule has 6 aromatic carbocycles. The van der Waals surface area contributed by atoms with E-state index in [1.165, 1.54) is 0 Å². The Kier molecular flexibility index (Phi) is 6.12. The number of fused-ring (bicyclic) bond motifs is 2. The van der Waals surface area contributed by atoms with Gasteiger partial charge in [0.1, 0.15) is 11.5 Å². The summed E-state index contributed by atoms with van der Waals surface area (Å²) in [6.45, 7) is 0. The second-order valence-corrected chi connectivity index (χ2v) is 9.00. The second kappa shape index (κ2) is 10.0. The number of aliphatic imine (C=N–C) groups is 2. The van der Waals surface area contributed by atoms with E-state index in [0.29, 0.717) is 22.5 Å². The number of para-hydroxylation sites is 4. The van der Waals surface area contributed by atoms with E-state index in [1.54, 1.807) is 30.6 Å². The van der Waals surface area contributed by atoms with Gasteiger partial charge < -0.3 is 10.2 Å². The standard InChI is InChI=1S/C34H24N2O2/c37-32-19-8-3-12-25(32)21-35-30-17-6-7-18-31(30)36-22-26-13-9-16-29(34(26)38)33-27-14-4-1-10-23(27)20-24-11-2-5-15-28(24)33/h1-22,37-38H. The van der Waals surface area contributed by atoms with Crippen molar-refractivity contribution < 1.29 is 10.2 Å². The van der Waals surface area contributed by atoms with Crippen molar-refractivity contribution in [2.24, 2.45) is 9.98 Å². The molecule has 6 rings (SSSR count). The summed E-state index contributed by atoms with van der Waals surface area (Å²) in [6, 6.07) is 39.0. The van der Waals surface area contributed by atoms with Crippen molar-refractivity contribution in [1.29, 1.82) is 0 Å². The molecule has 0 aliphatic rings. The van der Waals surface area contributed by atoms with Crippen LogP contribution in [-0.2, 0) is 0 Å². The number of hydrogen-bond acceptors (Lipinski definition) is 4. The average molecular weight is 493 g/mol. The van der Waals surface area contributed by atoms with Gasteiger partial charge in [0.2, 0.25) is 0 Å². The van der Waals surface area contributed by atoms with E-state index in [0.717, 1.165) is 32.7 Å². The lowest BCUT2D eigenvalue weighted by atomic mass is 9.91. The van der Waals surface area contributed by atoms with Gasteiger partial charge in [-0.1, -0.05) is 84.9 Å². The zero-order valence-electron chi connectivity index (χ0n) is 20.5. The monoisotopic (exact) mass is 492 g/mol. The minimum Gasteiger partial charge on any atom is -0.507 e. The fraction of sp³-hybridized carbons (Fsp3) is 0. The van der Waals surface area contributed by atoms with Gasteiger partial charge in [-0.15, -0.1) is 0 Å². The van der Waals surface area contributed by atoms with Crippen LogP contribution >= 0.6 is 0 Å². The summed E-state index contributed by atoms with van der Waals surface area (Å²) < 4.78 is 0. The van der Waals surface area contributed by atoms with Gasteiger partial charge in [0.25, 0.3) is 0 Å². The van der Waals surface area contributed by atoms with Crippen LogP contribution < -0.4 is 0 Å². The Morgan fingerprint density at radius 3 is 1.68 bits per heavy atom. The first kappa shape index (κ1) is 23.2. The van der Waals surface area contributed by atoms with Crippen LogP contribution in [0.15, 0.2) is 131 Å². The smallest absolute Gasteiger partial charge is 0.132 e. The lowest BCUT2D eigenvalue weighted by Gasteiger charge is -2.14. The molecule has 0 saturated heterocycles. The third kappa shape index (κ3) is 4.40. The highest BCUT2D eigenvalue weighted by Gasteiger charge is 2.15. The van der Waals surface area contributed by atoms with Crippen LogP contribution in [-0.4, -0.2) is 22.6 Å². The van der Waals surface area contributed by atoms with Crippen LogP contribution in [0.25, 0.3) is 32.7 Å². The van der Waals surface area contributed by atoms with E-state index < -0.39 is 0 Å². The first-order chi connectivity index (χ1) is 18.7. The van der Waals surface area contributed by atoms with Crippen molar-refractivity contribution in [3.05, 3.63) is 132 Å². The zero-order chi connectivity index (χ0) is 25.9. The normalized spacial score (nSPS) is 11.7. The second-order valence-electron chi connectivity index (χ2n) is 9.00. The Bertz CT molecular complexity index is 1800. The molecule has 0 aliphatic carbocycles. The maximum Gasteiger partial charge on any atom is 0.132 e. The minimum absolute atomic E-state index is 0.167. The predicted molar refractivity (Wildman–Crippen MR) is 158 cm³/mol. The quantitative estimate of drug-likeness (QED) is 0.187. The first-order valence-corrected chi connectivity index (χ1v) is 12.4. The van der Waals surface area contributed by atoms with Crippen LogP contribution in [0, 0.1) is 0 Å². The van der Waals surface area contributed by atoms with Crippen molar-refractivity contribution in [3.63, 3.8) is 0 Å². The van der Waals surface area contributed by atoms with E-state index in [4.69, 9.17) is 0 Å². The largest absolute Gasteiger partial charge is 0.507 e. The van der Waals surface area contributed by atoms with Crippen molar-refractivity contribution in [3.8, 4) is 22.6 Å². The third-order valence-electron chi connectivity index (χ3n) is 6.61. The van der Waals surface area contributed by atoms with E-state index in [-0.39, 0.29) is 11.5 Å². The Morgan fingerprint density at radius 1 is 0.500 bits per heavy atom. The molecule has 0 bridgehead atoms. The van der Waals surface area contributed by atoms with Crippen LogP contribution in [0.2, 0.25) is 0 Å². The number of phenolic OH excluding ortho intramolecular Hbond substituents is 2. The third-order valence-corrected chi connectivity index (χ3v) is 6.61. The summed E-state index contributed by atoms with van der Waals surface area (Å²) in [5.74, 6) is 0.341. The van der Waals surface area contributed by atoms with E-state index >= 15 is 0 Å². The Balaban J connectivity index is 1.42. The van der Waals surface area contributed by atoms with Crippen molar-refractivity contribution in [2.75, 3.05) is 0 Å². The Morgan fingerprint density at radius 2 is 1.03 bits per heavy atom. The summed E-state index contributed by atoms with van der Waals surface area (Å²) in [7, 11) is 0. The fourth-order valence-corrected chi connectivity index (χ4v) is 4.73. The van der Waals surface area contributed by atoms with Gasteiger partial charge in [-0.3, -0.25) is 9.98 Å². The van der Waals surface area contributed by atoms with Crippen molar-refractivity contribution >= 4 is 45.3 Å². The molecular weight excluding hydrogens is 468 g/mol.